The first kappa shape index (κ1) is 9.97. The molecule has 1 unspecified atom stereocenters. The molecule has 3 heteroatoms. The predicted octanol–water partition coefficient (Wildman–Crippen LogP) is 3.72. The molecule has 0 saturated carbocycles. The zero-order chi connectivity index (χ0) is 11.1. The van der Waals surface area contributed by atoms with E-state index in [1.165, 1.54) is 23.3 Å². The number of nitrogen functional groups attached to an aromatic ring is 1. The SMILES string of the molecule is CC1CCc2c(sc(N)c2-c2ccco2)C1. The van der Waals surface area contributed by atoms with E-state index in [1.54, 1.807) is 17.6 Å². The van der Waals surface area contributed by atoms with Gasteiger partial charge in [0.1, 0.15) is 5.76 Å². The zero-order valence-corrected chi connectivity index (χ0v) is 10.1. The van der Waals surface area contributed by atoms with Crippen molar-refractivity contribution >= 4 is 16.3 Å². The summed E-state index contributed by atoms with van der Waals surface area (Å²) in [5, 5.41) is 0.911. The van der Waals surface area contributed by atoms with E-state index in [1.807, 2.05) is 12.1 Å². The van der Waals surface area contributed by atoms with Gasteiger partial charge in [0.25, 0.3) is 0 Å². The van der Waals surface area contributed by atoms with Crippen LogP contribution in [-0.2, 0) is 12.8 Å². The van der Waals surface area contributed by atoms with Gasteiger partial charge < -0.3 is 10.2 Å². The summed E-state index contributed by atoms with van der Waals surface area (Å²) in [5.74, 6) is 1.71. The maximum atomic E-state index is 6.12. The topological polar surface area (TPSA) is 39.2 Å². The molecule has 2 aromatic heterocycles. The van der Waals surface area contributed by atoms with Gasteiger partial charge in [-0.1, -0.05) is 6.92 Å². The van der Waals surface area contributed by atoms with E-state index in [0.29, 0.717) is 0 Å². The standard InChI is InChI=1S/C13H15NOS/c1-8-4-5-9-11(7-8)16-13(14)12(9)10-3-2-6-15-10/h2-3,6,8H,4-5,7,14H2,1H3. The molecule has 2 N–H and O–H groups in total. The first-order valence-electron chi connectivity index (χ1n) is 5.69. The summed E-state index contributed by atoms with van der Waals surface area (Å²) >= 11 is 1.74. The zero-order valence-electron chi connectivity index (χ0n) is 9.32. The number of thiophene rings is 1. The van der Waals surface area contributed by atoms with Crippen LogP contribution in [0.4, 0.5) is 5.00 Å². The highest BCUT2D eigenvalue weighted by atomic mass is 32.1. The average Bonchev–Trinajstić information content (AvgIpc) is 2.83. The van der Waals surface area contributed by atoms with Gasteiger partial charge in [-0.25, -0.2) is 0 Å². The van der Waals surface area contributed by atoms with Crippen molar-refractivity contribution in [1.29, 1.82) is 0 Å². The molecule has 0 aliphatic heterocycles. The van der Waals surface area contributed by atoms with Gasteiger partial charge in [0.05, 0.1) is 16.8 Å². The highest BCUT2D eigenvalue weighted by Gasteiger charge is 2.24. The van der Waals surface area contributed by atoms with Crippen LogP contribution in [0.5, 0.6) is 0 Å². The fourth-order valence-corrected chi connectivity index (χ4v) is 3.75. The molecule has 0 radical (unpaired) electrons. The van der Waals surface area contributed by atoms with Gasteiger partial charge in [0.2, 0.25) is 0 Å². The summed E-state index contributed by atoms with van der Waals surface area (Å²) in [6, 6.07) is 3.92. The molecule has 0 spiro atoms. The van der Waals surface area contributed by atoms with E-state index < -0.39 is 0 Å². The van der Waals surface area contributed by atoms with Crippen LogP contribution >= 0.6 is 11.3 Å². The Morgan fingerprint density at radius 3 is 3.12 bits per heavy atom. The number of furan rings is 1. The lowest BCUT2D eigenvalue weighted by molar-refractivity contribution is 0.507. The predicted molar refractivity (Wildman–Crippen MR) is 67.6 cm³/mol. The molecule has 0 fully saturated rings. The summed E-state index contributed by atoms with van der Waals surface area (Å²) in [5.41, 5.74) is 8.69. The van der Waals surface area contributed by atoms with Crippen molar-refractivity contribution < 1.29 is 4.42 Å². The summed E-state index contributed by atoms with van der Waals surface area (Å²) in [7, 11) is 0. The lowest BCUT2D eigenvalue weighted by atomic mass is 9.88. The van der Waals surface area contributed by atoms with Crippen LogP contribution in [0, 0.1) is 5.92 Å². The molecule has 3 rings (SSSR count). The Balaban J connectivity index is 2.13. The third-order valence-electron chi connectivity index (χ3n) is 3.31. The second-order valence-corrected chi connectivity index (χ2v) is 5.71. The molecular formula is C13H15NOS. The number of nitrogens with two attached hydrogens (primary N) is 1. The van der Waals surface area contributed by atoms with Gasteiger partial charge in [-0.05, 0) is 42.9 Å². The molecule has 0 saturated heterocycles. The highest BCUT2D eigenvalue weighted by molar-refractivity contribution is 7.16. The third-order valence-corrected chi connectivity index (χ3v) is 4.39. The number of anilines is 1. The van der Waals surface area contributed by atoms with Gasteiger partial charge in [-0.3, -0.25) is 0 Å². The van der Waals surface area contributed by atoms with Gasteiger partial charge >= 0.3 is 0 Å². The Morgan fingerprint density at radius 1 is 1.50 bits per heavy atom. The van der Waals surface area contributed by atoms with Gasteiger partial charge in [0.15, 0.2) is 0 Å². The molecule has 2 aromatic rings. The smallest absolute Gasteiger partial charge is 0.137 e. The van der Waals surface area contributed by atoms with Crippen molar-refractivity contribution in [3.8, 4) is 11.3 Å². The number of fused-ring (bicyclic) bond motifs is 1. The van der Waals surface area contributed by atoms with Crippen molar-refractivity contribution in [1.82, 2.24) is 0 Å². The van der Waals surface area contributed by atoms with Gasteiger partial charge in [0, 0.05) is 4.88 Å². The number of hydrogen-bond donors (Lipinski definition) is 1. The van der Waals surface area contributed by atoms with Crippen LogP contribution in [0.1, 0.15) is 23.8 Å². The number of rotatable bonds is 1. The van der Waals surface area contributed by atoms with Gasteiger partial charge in [-0.15, -0.1) is 11.3 Å². The Hall–Kier alpha value is -1.22. The fourth-order valence-electron chi connectivity index (χ4n) is 2.46. The number of hydrogen-bond acceptors (Lipinski definition) is 3. The molecular weight excluding hydrogens is 218 g/mol. The van der Waals surface area contributed by atoms with E-state index in [-0.39, 0.29) is 0 Å². The lowest BCUT2D eigenvalue weighted by Gasteiger charge is -2.18. The molecule has 1 atom stereocenters. The largest absolute Gasteiger partial charge is 0.464 e. The summed E-state index contributed by atoms with van der Waals surface area (Å²) < 4.78 is 5.48. The van der Waals surface area contributed by atoms with Crippen LogP contribution in [0.15, 0.2) is 22.8 Å². The molecule has 1 aliphatic carbocycles. The molecule has 0 aromatic carbocycles. The Labute approximate surface area is 99.1 Å². The van der Waals surface area contributed by atoms with Crippen LogP contribution in [0.3, 0.4) is 0 Å². The molecule has 16 heavy (non-hydrogen) atoms. The second kappa shape index (κ2) is 3.67. The van der Waals surface area contributed by atoms with E-state index in [2.05, 4.69) is 6.92 Å². The quantitative estimate of drug-likeness (QED) is 0.815. The minimum Gasteiger partial charge on any atom is -0.464 e. The third kappa shape index (κ3) is 1.47. The fraction of sp³-hybridized carbons (Fsp3) is 0.385. The Morgan fingerprint density at radius 2 is 2.38 bits per heavy atom. The normalized spacial score (nSPS) is 19.7. The lowest BCUT2D eigenvalue weighted by Crippen LogP contribution is -2.09. The van der Waals surface area contributed by atoms with E-state index >= 15 is 0 Å². The summed E-state index contributed by atoms with van der Waals surface area (Å²) in [4.78, 5) is 1.46. The summed E-state index contributed by atoms with van der Waals surface area (Å²) in [6.07, 6.45) is 5.28. The molecule has 1 aliphatic rings. The van der Waals surface area contributed by atoms with Crippen molar-refractivity contribution in [3.05, 3.63) is 28.8 Å². The minimum atomic E-state index is 0.787. The second-order valence-electron chi connectivity index (χ2n) is 4.57. The van der Waals surface area contributed by atoms with Crippen LogP contribution < -0.4 is 5.73 Å². The van der Waals surface area contributed by atoms with Crippen LogP contribution in [0.25, 0.3) is 11.3 Å². The molecule has 2 heterocycles. The maximum absolute atomic E-state index is 6.12. The van der Waals surface area contributed by atoms with E-state index in [4.69, 9.17) is 10.2 Å². The van der Waals surface area contributed by atoms with Crippen molar-refractivity contribution in [2.24, 2.45) is 5.92 Å². The van der Waals surface area contributed by atoms with Crippen LogP contribution in [0.2, 0.25) is 0 Å². The van der Waals surface area contributed by atoms with E-state index in [9.17, 15) is 0 Å². The monoisotopic (exact) mass is 233 g/mol. The maximum Gasteiger partial charge on any atom is 0.137 e. The van der Waals surface area contributed by atoms with Crippen molar-refractivity contribution in [2.75, 3.05) is 5.73 Å². The molecule has 84 valence electrons. The minimum absolute atomic E-state index is 0.787. The Bertz CT molecular complexity index is 498. The van der Waals surface area contributed by atoms with E-state index in [0.717, 1.165) is 28.7 Å². The van der Waals surface area contributed by atoms with Crippen molar-refractivity contribution in [2.45, 2.75) is 26.2 Å². The first-order valence-corrected chi connectivity index (χ1v) is 6.51. The molecule has 0 amide bonds. The Kier molecular flexibility index (Phi) is 2.28. The summed E-state index contributed by atoms with van der Waals surface area (Å²) in [6.45, 7) is 2.31. The van der Waals surface area contributed by atoms with Crippen LogP contribution in [-0.4, -0.2) is 0 Å². The molecule has 0 bridgehead atoms. The first-order chi connectivity index (χ1) is 7.75. The molecule has 2 nitrogen and oxygen atoms in total. The van der Waals surface area contributed by atoms with Crippen molar-refractivity contribution in [3.63, 3.8) is 0 Å². The van der Waals surface area contributed by atoms with Gasteiger partial charge in [-0.2, -0.15) is 0 Å². The average molecular weight is 233 g/mol. The highest BCUT2D eigenvalue weighted by Crippen LogP contribution is 2.43.